The lowest BCUT2D eigenvalue weighted by Crippen LogP contribution is -2.22. The normalized spacial score (nSPS) is 17.8. The van der Waals surface area contributed by atoms with Gasteiger partial charge in [-0.15, -0.1) is 0 Å². The SMILES string of the molecule is CC(Oc1cccc(/C=C2/SC(=Nc3ccccc3F)NC2=O)c1)C(=O)O. The van der Waals surface area contributed by atoms with E-state index in [1.165, 1.54) is 19.1 Å². The van der Waals surface area contributed by atoms with Crippen LogP contribution in [0.25, 0.3) is 6.08 Å². The second-order valence-electron chi connectivity index (χ2n) is 5.60. The average molecular weight is 386 g/mol. The van der Waals surface area contributed by atoms with E-state index in [4.69, 9.17) is 9.84 Å². The Bertz CT molecular complexity index is 958. The van der Waals surface area contributed by atoms with Crippen molar-refractivity contribution in [3.8, 4) is 5.75 Å². The first-order valence-corrected chi connectivity index (χ1v) is 8.77. The fraction of sp³-hybridized carbons (Fsp3) is 0.105. The number of hydrogen-bond donors (Lipinski definition) is 2. The number of aliphatic imine (C=N–C) groups is 1. The van der Waals surface area contributed by atoms with Crippen molar-refractivity contribution in [2.45, 2.75) is 13.0 Å². The van der Waals surface area contributed by atoms with Gasteiger partial charge in [0.15, 0.2) is 11.3 Å². The van der Waals surface area contributed by atoms with E-state index >= 15 is 0 Å². The second-order valence-corrected chi connectivity index (χ2v) is 6.63. The molecule has 0 aromatic heterocycles. The van der Waals surface area contributed by atoms with Gasteiger partial charge in [0.2, 0.25) is 0 Å². The molecule has 0 spiro atoms. The van der Waals surface area contributed by atoms with Crippen molar-refractivity contribution in [2.24, 2.45) is 4.99 Å². The standard InChI is InChI=1S/C19H15FN2O4S/c1-11(18(24)25)26-13-6-4-5-12(9-13)10-16-17(23)22-19(27-16)21-15-8-3-2-7-14(15)20/h2-11H,1H3,(H,24,25)(H,21,22,23)/b16-10+. The molecular weight excluding hydrogens is 371 g/mol. The molecule has 1 aliphatic heterocycles. The Morgan fingerprint density at radius 2 is 2.07 bits per heavy atom. The molecular formula is C19H15FN2O4S. The number of thioether (sulfide) groups is 1. The highest BCUT2D eigenvalue weighted by Gasteiger charge is 2.24. The van der Waals surface area contributed by atoms with Crippen LogP contribution < -0.4 is 10.1 Å². The van der Waals surface area contributed by atoms with E-state index in [0.717, 1.165) is 11.8 Å². The number of aliphatic carboxylic acids is 1. The molecule has 1 heterocycles. The predicted octanol–water partition coefficient (Wildman–Crippen LogP) is 3.57. The summed E-state index contributed by atoms with van der Waals surface area (Å²) in [5.41, 5.74) is 0.800. The minimum absolute atomic E-state index is 0.139. The van der Waals surface area contributed by atoms with Gasteiger partial charge in [0.1, 0.15) is 17.3 Å². The van der Waals surface area contributed by atoms with Crippen molar-refractivity contribution >= 4 is 40.6 Å². The van der Waals surface area contributed by atoms with Gasteiger partial charge in [-0.1, -0.05) is 24.3 Å². The molecule has 0 bridgehead atoms. The Morgan fingerprint density at radius 1 is 1.30 bits per heavy atom. The van der Waals surface area contributed by atoms with Crippen LogP contribution >= 0.6 is 11.8 Å². The number of nitrogens with one attached hydrogen (secondary N) is 1. The summed E-state index contributed by atoms with van der Waals surface area (Å²) in [7, 11) is 0. The second kappa shape index (κ2) is 8.05. The molecule has 3 rings (SSSR count). The lowest BCUT2D eigenvalue weighted by atomic mass is 10.2. The Morgan fingerprint density at radius 3 is 2.81 bits per heavy atom. The highest BCUT2D eigenvalue weighted by molar-refractivity contribution is 8.18. The molecule has 6 nitrogen and oxygen atoms in total. The number of para-hydroxylation sites is 1. The van der Waals surface area contributed by atoms with Gasteiger partial charge >= 0.3 is 5.97 Å². The van der Waals surface area contributed by atoms with E-state index in [-0.39, 0.29) is 16.8 Å². The van der Waals surface area contributed by atoms with Crippen molar-refractivity contribution in [3.63, 3.8) is 0 Å². The first-order valence-electron chi connectivity index (χ1n) is 7.96. The Kier molecular flexibility index (Phi) is 5.56. The summed E-state index contributed by atoms with van der Waals surface area (Å²) in [6.07, 6.45) is 0.638. The quantitative estimate of drug-likeness (QED) is 0.767. The summed E-state index contributed by atoms with van der Waals surface area (Å²) in [5, 5.41) is 11.8. The first-order chi connectivity index (χ1) is 12.9. The van der Waals surface area contributed by atoms with E-state index < -0.39 is 17.9 Å². The minimum atomic E-state index is -1.07. The number of benzene rings is 2. The monoisotopic (exact) mass is 386 g/mol. The molecule has 1 aliphatic rings. The van der Waals surface area contributed by atoms with Crippen LogP contribution in [0.15, 0.2) is 58.4 Å². The smallest absolute Gasteiger partial charge is 0.344 e. The van der Waals surface area contributed by atoms with Crippen LogP contribution in [0.3, 0.4) is 0 Å². The average Bonchev–Trinajstić information content (AvgIpc) is 2.96. The predicted molar refractivity (Wildman–Crippen MR) is 101 cm³/mol. The van der Waals surface area contributed by atoms with Gasteiger partial charge in [0.25, 0.3) is 5.91 Å². The molecule has 1 saturated heterocycles. The number of carbonyl (C=O) groups is 2. The van der Waals surface area contributed by atoms with Crippen LogP contribution in [-0.2, 0) is 9.59 Å². The van der Waals surface area contributed by atoms with Crippen LogP contribution in [0.2, 0.25) is 0 Å². The maximum absolute atomic E-state index is 13.7. The van der Waals surface area contributed by atoms with Crippen molar-refractivity contribution in [2.75, 3.05) is 0 Å². The maximum atomic E-state index is 13.7. The molecule has 8 heteroatoms. The molecule has 1 fully saturated rings. The summed E-state index contributed by atoms with van der Waals surface area (Å²) < 4.78 is 19.0. The highest BCUT2D eigenvalue weighted by atomic mass is 32.2. The Labute approximate surface area is 158 Å². The Balaban J connectivity index is 1.79. The third kappa shape index (κ3) is 4.73. The minimum Gasteiger partial charge on any atom is -0.479 e. The van der Waals surface area contributed by atoms with E-state index in [1.807, 2.05) is 0 Å². The third-order valence-electron chi connectivity index (χ3n) is 3.54. The number of rotatable bonds is 5. The van der Waals surface area contributed by atoms with Crippen molar-refractivity contribution in [3.05, 3.63) is 64.8 Å². The first kappa shape index (κ1) is 18.7. The summed E-state index contributed by atoms with van der Waals surface area (Å²) in [6, 6.07) is 12.7. The molecule has 2 aromatic rings. The lowest BCUT2D eigenvalue weighted by Gasteiger charge is -2.10. The molecule has 2 N–H and O–H groups in total. The number of amides is 1. The zero-order chi connectivity index (χ0) is 19.4. The topological polar surface area (TPSA) is 88.0 Å². The number of amidine groups is 1. The van der Waals surface area contributed by atoms with Crippen LogP contribution in [0.1, 0.15) is 12.5 Å². The summed E-state index contributed by atoms with van der Waals surface area (Å²) in [5.74, 6) is -1.52. The van der Waals surface area contributed by atoms with E-state index in [2.05, 4.69) is 10.3 Å². The van der Waals surface area contributed by atoms with Crippen molar-refractivity contribution < 1.29 is 23.8 Å². The van der Waals surface area contributed by atoms with E-state index in [9.17, 15) is 14.0 Å². The molecule has 27 heavy (non-hydrogen) atoms. The number of halogens is 1. The van der Waals surface area contributed by atoms with Gasteiger partial charge in [-0.25, -0.2) is 14.2 Å². The Hall–Kier alpha value is -3.13. The van der Waals surface area contributed by atoms with E-state index in [0.29, 0.717) is 16.2 Å². The van der Waals surface area contributed by atoms with Crippen molar-refractivity contribution in [1.82, 2.24) is 5.32 Å². The zero-order valence-electron chi connectivity index (χ0n) is 14.2. The fourth-order valence-corrected chi connectivity index (χ4v) is 3.05. The number of carbonyl (C=O) groups excluding carboxylic acids is 1. The lowest BCUT2D eigenvalue weighted by molar-refractivity contribution is -0.144. The van der Waals surface area contributed by atoms with Gasteiger partial charge in [0.05, 0.1) is 4.91 Å². The van der Waals surface area contributed by atoms with Gasteiger partial charge in [-0.2, -0.15) is 0 Å². The number of hydrogen-bond acceptors (Lipinski definition) is 5. The molecule has 2 aromatic carbocycles. The number of ether oxygens (including phenoxy) is 1. The third-order valence-corrected chi connectivity index (χ3v) is 4.45. The number of nitrogens with zero attached hydrogens (tertiary/aromatic N) is 1. The molecule has 138 valence electrons. The van der Waals surface area contributed by atoms with Gasteiger partial charge < -0.3 is 15.2 Å². The zero-order valence-corrected chi connectivity index (χ0v) is 15.0. The highest BCUT2D eigenvalue weighted by Crippen LogP contribution is 2.29. The largest absolute Gasteiger partial charge is 0.479 e. The van der Waals surface area contributed by atoms with Crippen LogP contribution in [-0.4, -0.2) is 28.3 Å². The van der Waals surface area contributed by atoms with Crippen LogP contribution in [0, 0.1) is 5.82 Å². The molecule has 1 unspecified atom stereocenters. The summed E-state index contributed by atoms with van der Waals surface area (Å²) in [4.78, 5) is 27.5. The number of carboxylic acids is 1. The summed E-state index contributed by atoms with van der Waals surface area (Å²) in [6.45, 7) is 1.43. The molecule has 0 aliphatic carbocycles. The van der Waals surface area contributed by atoms with E-state index in [1.54, 1.807) is 42.5 Å². The van der Waals surface area contributed by atoms with Crippen molar-refractivity contribution in [1.29, 1.82) is 0 Å². The van der Waals surface area contributed by atoms with Crippen LogP contribution in [0.4, 0.5) is 10.1 Å². The van der Waals surface area contributed by atoms with Gasteiger partial charge in [0, 0.05) is 0 Å². The molecule has 0 radical (unpaired) electrons. The summed E-state index contributed by atoms with van der Waals surface area (Å²) >= 11 is 1.09. The molecule has 1 atom stereocenters. The fourth-order valence-electron chi connectivity index (χ4n) is 2.22. The maximum Gasteiger partial charge on any atom is 0.344 e. The molecule has 0 saturated carbocycles. The van der Waals surface area contributed by atoms with Gasteiger partial charge in [-0.3, -0.25) is 4.79 Å². The van der Waals surface area contributed by atoms with Gasteiger partial charge in [-0.05, 0) is 54.6 Å². The number of carboxylic acid groups (broad SMARTS) is 1. The van der Waals surface area contributed by atoms with Crippen LogP contribution in [0.5, 0.6) is 5.75 Å². The molecule has 1 amide bonds.